The number of hydrogen-bond donors (Lipinski definition) is 2. The molecule has 0 spiro atoms. The van der Waals surface area contributed by atoms with Crippen LogP contribution in [0.5, 0.6) is 17.2 Å². The number of aromatic nitrogens is 3. The number of para-hydroxylation sites is 2. The van der Waals surface area contributed by atoms with Crippen LogP contribution in [0.25, 0.3) is 0 Å². The minimum absolute atomic E-state index is 0.0621. The summed E-state index contributed by atoms with van der Waals surface area (Å²) < 4.78 is 13.1. The first-order chi connectivity index (χ1) is 16.5. The van der Waals surface area contributed by atoms with Crippen molar-refractivity contribution in [1.82, 2.24) is 25.0 Å². The maximum Gasteiger partial charge on any atom is 0.258 e. The van der Waals surface area contributed by atoms with Gasteiger partial charge in [-0.25, -0.2) is 0 Å². The van der Waals surface area contributed by atoms with Gasteiger partial charge in [-0.2, -0.15) is 0 Å². The molecule has 1 aliphatic rings. The van der Waals surface area contributed by atoms with Crippen LogP contribution in [0, 0.1) is 0 Å². The SMILES string of the molecule is CCOc1cccc(CN2CCc3nnc([C@H](C)NC(=O)COc4ccccc4)n3CC2)c1O. The number of nitrogens with zero attached hydrogens (tertiary/aromatic N) is 4. The van der Waals surface area contributed by atoms with E-state index in [1.807, 2.05) is 56.3 Å². The minimum atomic E-state index is -0.299. The molecule has 2 N–H and O–H groups in total. The lowest BCUT2D eigenvalue weighted by atomic mass is 10.1. The molecule has 9 heteroatoms. The molecule has 2 heterocycles. The van der Waals surface area contributed by atoms with Crippen LogP contribution in [0.3, 0.4) is 0 Å². The smallest absolute Gasteiger partial charge is 0.258 e. The van der Waals surface area contributed by atoms with Gasteiger partial charge in [0.05, 0.1) is 12.6 Å². The third kappa shape index (κ3) is 5.66. The van der Waals surface area contributed by atoms with Gasteiger partial charge in [-0.05, 0) is 32.0 Å². The number of amides is 1. The molecular formula is C25H31N5O4. The number of hydrogen-bond acceptors (Lipinski definition) is 7. The monoisotopic (exact) mass is 465 g/mol. The Kier molecular flexibility index (Phi) is 7.64. The van der Waals surface area contributed by atoms with E-state index in [2.05, 4.69) is 25.0 Å². The van der Waals surface area contributed by atoms with Gasteiger partial charge in [-0.3, -0.25) is 9.69 Å². The predicted molar refractivity (Wildman–Crippen MR) is 127 cm³/mol. The van der Waals surface area contributed by atoms with Gasteiger partial charge >= 0.3 is 0 Å². The molecule has 34 heavy (non-hydrogen) atoms. The van der Waals surface area contributed by atoms with E-state index >= 15 is 0 Å². The number of ether oxygens (including phenoxy) is 2. The molecule has 1 aliphatic heterocycles. The maximum absolute atomic E-state index is 12.4. The highest BCUT2D eigenvalue weighted by Gasteiger charge is 2.23. The summed E-state index contributed by atoms with van der Waals surface area (Å²) in [5, 5.41) is 22.2. The van der Waals surface area contributed by atoms with Gasteiger partial charge in [0, 0.05) is 38.2 Å². The molecule has 4 rings (SSSR count). The standard InChI is InChI=1S/C25H31N5O4/c1-3-33-21-11-7-8-19(24(21)32)16-29-13-12-22-27-28-25(30(22)15-14-29)18(2)26-23(31)17-34-20-9-5-4-6-10-20/h4-11,18,32H,3,12-17H2,1-2H3,(H,26,31)/t18-/m0/s1. The van der Waals surface area contributed by atoms with Crippen molar-refractivity contribution in [3.8, 4) is 17.2 Å². The van der Waals surface area contributed by atoms with E-state index in [0.717, 1.165) is 36.7 Å². The summed E-state index contributed by atoms with van der Waals surface area (Å²) in [4.78, 5) is 14.7. The molecule has 9 nitrogen and oxygen atoms in total. The van der Waals surface area contributed by atoms with Gasteiger partial charge in [0.15, 0.2) is 23.9 Å². The molecule has 0 aliphatic carbocycles. The molecule has 1 atom stereocenters. The molecular weight excluding hydrogens is 434 g/mol. The highest BCUT2D eigenvalue weighted by Crippen LogP contribution is 2.31. The summed E-state index contributed by atoms with van der Waals surface area (Å²) in [5.41, 5.74) is 0.836. The number of rotatable bonds is 9. The average Bonchev–Trinajstić information content (AvgIpc) is 3.15. The van der Waals surface area contributed by atoms with Crippen molar-refractivity contribution in [2.45, 2.75) is 39.4 Å². The molecule has 0 radical (unpaired) electrons. The van der Waals surface area contributed by atoms with Crippen molar-refractivity contribution in [3.63, 3.8) is 0 Å². The average molecular weight is 466 g/mol. The summed E-state index contributed by atoms with van der Waals surface area (Å²) in [5.74, 6) is 2.77. The van der Waals surface area contributed by atoms with Crippen LogP contribution < -0.4 is 14.8 Å². The third-order valence-electron chi connectivity index (χ3n) is 5.80. The quantitative estimate of drug-likeness (QED) is 0.501. The Morgan fingerprint density at radius 1 is 1.09 bits per heavy atom. The van der Waals surface area contributed by atoms with E-state index < -0.39 is 0 Å². The second-order valence-corrected chi connectivity index (χ2v) is 8.24. The highest BCUT2D eigenvalue weighted by atomic mass is 16.5. The number of nitrogens with one attached hydrogen (secondary N) is 1. The Bertz CT molecular complexity index is 1100. The van der Waals surface area contributed by atoms with Crippen molar-refractivity contribution >= 4 is 5.91 Å². The van der Waals surface area contributed by atoms with Crippen LogP contribution in [-0.4, -0.2) is 57.0 Å². The summed E-state index contributed by atoms with van der Waals surface area (Å²) in [6.07, 6.45) is 0.733. The molecule has 180 valence electrons. The zero-order chi connectivity index (χ0) is 23.9. The molecule has 3 aromatic rings. The summed E-state index contributed by atoms with van der Waals surface area (Å²) in [6.45, 7) is 7.12. The largest absolute Gasteiger partial charge is 0.504 e. The van der Waals surface area contributed by atoms with E-state index in [9.17, 15) is 9.90 Å². The van der Waals surface area contributed by atoms with Crippen molar-refractivity contribution in [2.75, 3.05) is 26.3 Å². The van der Waals surface area contributed by atoms with E-state index in [-0.39, 0.29) is 24.3 Å². The number of phenolic OH excluding ortho intramolecular Hbond substituents is 1. The lowest BCUT2D eigenvalue weighted by molar-refractivity contribution is -0.123. The van der Waals surface area contributed by atoms with Gasteiger partial charge in [-0.15, -0.1) is 10.2 Å². The number of benzene rings is 2. The fraction of sp³-hybridized carbons (Fsp3) is 0.400. The molecule has 0 saturated carbocycles. The van der Waals surface area contributed by atoms with Crippen LogP contribution in [0.2, 0.25) is 0 Å². The molecule has 2 aromatic carbocycles. The van der Waals surface area contributed by atoms with Crippen molar-refractivity contribution in [2.24, 2.45) is 0 Å². The molecule has 0 fully saturated rings. The van der Waals surface area contributed by atoms with Crippen LogP contribution >= 0.6 is 0 Å². The van der Waals surface area contributed by atoms with Crippen molar-refractivity contribution in [1.29, 1.82) is 0 Å². The number of carbonyl (C=O) groups is 1. The number of phenols is 1. The van der Waals surface area contributed by atoms with Crippen molar-refractivity contribution in [3.05, 3.63) is 65.7 Å². The van der Waals surface area contributed by atoms with E-state index in [1.165, 1.54) is 0 Å². The van der Waals surface area contributed by atoms with Crippen LogP contribution in [0.1, 0.15) is 37.1 Å². The van der Waals surface area contributed by atoms with Gasteiger partial charge in [0.25, 0.3) is 5.91 Å². The lowest BCUT2D eigenvalue weighted by Crippen LogP contribution is -2.33. The molecule has 0 bridgehead atoms. The normalized spacial score (nSPS) is 14.6. The summed E-state index contributed by atoms with van der Waals surface area (Å²) >= 11 is 0. The van der Waals surface area contributed by atoms with Gasteiger partial charge in [-0.1, -0.05) is 30.3 Å². The Balaban J connectivity index is 1.35. The minimum Gasteiger partial charge on any atom is -0.504 e. The maximum atomic E-state index is 12.4. The second-order valence-electron chi connectivity index (χ2n) is 8.24. The fourth-order valence-electron chi connectivity index (χ4n) is 4.09. The summed E-state index contributed by atoms with van der Waals surface area (Å²) in [6, 6.07) is 14.5. The van der Waals surface area contributed by atoms with E-state index in [4.69, 9.17) is 9.47 Å². The first-order valence-electron chi connectivity index (χ1n) is 11.6. The molecule has 0 unspecified atom stereocenters. The molecule has 1 amide bonds. The first-order valence-corrected chi connectivity index (χ1v) is 11.6. The van der Waals surface area contributed by atoms with Crippen LogP contribution in [0.15, 0.2) is 48.5 Å². The van der Waals surface area contributed by atoms with E-state index in [1.54, 1.807) is 6.07 Å². The number of fused-ring (bicyclic) bond motifs is 1. The third-order valence-corrected chi connectivity index (χ3v) is 5.80. The number of aromatic hydroxyl groups is 1. The number of carbonyl (C=O) groups excluding carboxylic acids is 1. The predicted octanol–water partition coefficient (Wildman–Crippen LogP) is 2.70. The fourth-order valence-corrected chi connectivity index (χ4v) is 4.09. The Hall–Kier alpha value is -3.59. The highest BCUT2D eigenvalue weighted by molar-refractivity contribution is 5.77. The van der Waals surface area contributed by atoms with Crippen molar-refractivity contribution < 1.29 is 19.4 Å². The Labute approximate surface area is 199 Å². The molecule has 1 aromatic heterocycles. The Morgan fingerprint density at radius 3 is 2.71 bits per heavy atom. The topological polar surface area (TPSA) is 102 Å². The van der Waals surface area contributed by atoms with Gasteiger partial charge in [0.1, 0.15) is 11.6 Å². The second kappa shape index (κ2) is 11.0. The molecule has 0 saturated heterocycles. The van der Waals surface area contributed by atoms with E-state index in [0.29, 0.717) is 31.2 Å². The van der Waals surface area contributed by atoms with Crippen LogP contribution in [-0.2, 0) is 24.3 Å². The zero-order valence-electron chi connectivity index (χ0n) is 19.6. The first kappa shape index (κ1) is 23.6. The van der Waals surface area contributed by atoms with Gasteiger partial charge in [0.2, 0.25) is 0 Å². The van der Waals surface area contributed by atoms with Crippen LogP contribution in [0.4, 0.5) is 0 Å². The van der Waals surface area contributed by atoms with Gasteiger partial charge < -0.3 is 24.5 Å². The lowest BCUT2D eigenvalue weighted by Gasteiger charge is -2.21. The zero-order valence-corrected chi connectivity index (χ0v) is 19.6. The summed E-state index contributed by atoms with van der Waals surface area (Å²) in [7, 11) is 0. The Morgan fingerprint density at radius 2 is 1.91 bits per heavy atom.